The highest BCUT2D eigenvalue weighted by Crippen LogP contribution is 2.42. The van der Waals surface area contributed by atoms with Gasteiger partial charge in [0.1, 0.15) is 0 Å². The SMILES string of the molecule is C.C.C.C.C.C.C.C.C.C.C.C.CCCCCCC(C)OC(C)COCCOP(=O)(O)O.CCCCCCC(C)OC(C)COCCOP(=O)(O)OCCOCC(C)OC(C)CCCCCC. The third-order valence-corrected chi connectivity index (χ3v) is 9.83. The molecule has 0 radical (unpaired) electrons. The Labute approximate surface area is 424 Å². The Morgan fingerprint density at radius 3 is 0.806 bits per heavy atom. The van der Waals surface area contributed by atoms with E-state index in [1.54, 1.807) is 0 Å². The van der Waals surface area contributed by atoms with E-state index in [0.29, 0.717) is 19.8 Å². The fourth-order valence-electron chi connectivity index (χ4n) is 5.51. The average Bonchev–Trinajstić information content (AvgIpc) is 3.09. The molecular formula is C51H132O14P2. The molecular weight excluding hydrogens is 898 g/mol. The second-order valence-corrected chi connectivity index (χ2v) is 17.2. The molecule has 3 N–H and O–H groups in total. The van der Waals surface area contributed by atoms with Crippen molar-refractivity contribution in [3.63, 3.8) is 0 Å². The smallest absolute Gasteiger partial charge is 0.376 e. The summed E-state index contributed by atoms with van der Waals surface area (Å²) in [6, 6.07) is 0. The fraction of sp³-hybridized carbons (Fsp3) is 1.00. The molecule has 0 saturated heterocycles. The molecule has 0 rings (SSSR count). The normalized spacial score (nSPS) is 13.5. The largest absolute Gasteiger partial charge is 0.472 e. The zero-order valence-corrected chi connectivity index (χ0v) is 38.0. The van der Waals surface area contributed by atoms with E-state index in [9.17, 15) is 14.0 Å². The van der Waals surface area contributed by atoms with Gasteiger partial charge in [0.2, 0.25) is 0 Å². The van der Waals surface area contributed by atoms with Crippen LogP contribution < -0.4 is 0 Å². The van der Waals surface area contributed by atoms with Crippen LogP contribution in [0.4, 0.5) is 0 Å². The quantitative estimate of drug-likeness (QED) is 0.0391. The number of hydrogen-bond donors (Lipinski definition) is 3. The minimum absolute atomic E-state index is 0. The minimum atomic E-state index is -4.38. The summed E-state index contributed by atoms with van der Waals surface area (Å²) >= 11 is 0. The van der Waals surface area contributed by atoms with Gasteiger partial charge in [-0.3, -0.25) is 13.6 Å². The van der Waals surface area contributed by atoms with Gasteiger partial charge in [-0.1, -0.05) is 187 Å². The van der Waals surface area contributed by atoms with Crippen LogP contribution in [0, 0.1) is 0 Å². The lowest BCUT2D eigenvalue weighted by Gasteiger charge is -2.20. The molecule has 0 aliphatic carbocycles. The van der Waals surface area contributed by atoms with E-state index in [1.165, 1.54) is 77.0 Å². The maximum absolute atomic E-state index is 11.9. The van der Waals surface area contributed by atoms with Gasteiger partial charge in [-0.05, 0) is 60.8 Å². The van der Waals surface area contributed by atoms with E-state index in [4.69, 9.17) is 47.3 Å². The first-order valence-electron chi connectivity index (χ1n) is 21.1. The summed E-state index contributed by atoms with van der Waals surface area (Å²) in [6.45, 7) is 20.2. The molecule has 0 aliphatic rings. The van der Waals surface area contributed by atoms with Gasteiger partial charge in [0.15, 0.2) is 0 Å². The van der Waals surface area contributed by atoms with Gasteiger partial charge in [-0.15, -0.1) is 0 Å². The maximum atomic E-state index is 11.9. The van der Waals surface area contributed by atoms with Crippen LogP contribution in [0.2, 0.25) is 0 Å². The van der Waals surface area contributed by atoms with E-state index in [2.05, 4.69) is 46.1 Å². The van der Waals surface area contributed by atoms with Crippen molar-refractivity contribution in [3.8, 4) is 0 Å². The Hall–Kier alpha value is -0.0200. The maximum Gasteiger partial charge on any atom is 0.472 e. The lowest BCUT2D eigenvalue weighted by Crippen LogP contribution is -2.23. The molecule has 0 amide bonds. The topological polar surface area (TPSA) is 178 Å². The third kappa shape index (κ3) is 83.2. The van der Waals surface area contributed by atoms with E-state index < -0.39 is 15.6 Å². The van der Waals surface area contributed by atoms with Crippen molar-refractivity contribution in [2.45, 2.75) is 284 Å². The summed E-state index contributed by atoms with van der Waals surface area (Å²) in [6.07, 6.45) is 18.4. The molecule has 0 aliphatic heterocycles. The minimum Gasteiger partial charge on any atom is -0.376 e. The van der Waals surface area contributed by atoms with Crippen molar-refractivity contribution in [3.05, 3.63) is 0 Å². The first-order chi connectivity index (χ1) is 26.0. The zero-order chi connectivity index (χ0) is 41.8. The van der Waals surface area contributed by atoms with Crippen LogP contribution in [0.3, 0.4) is 0 Å². The molecule has 6 atom stereocenters. The van der Waals surface area contributed by atoms with Gasteiger partial charge in [0.05, 0.1) is 96.1 Å². The van der Waals surface area contributed by atoms with Crippen LogP contribution in [0.1, 0.15) is 248 Å². The lowest BCUT2D eigenvalue weighted by atomic mass is 10.1. The molecule has 430 valence electrons. The molecule has 67 heavy (non-hydrogen) atoms. The summed E-state index contributed by atoms with van der Waals surface area (Å²) in [5.74, 6) is 0. The van der Waals surface area contributed by atoms with E-state index in [1.807, 2.05) is 20.8 Å². The summed E-state index contributed by atoms with van der Waals surface area (Å²) in [7, 11) is -8.51. The summed E-state index contributed by atoms with van der Waals surface area (Å²) in [5.41, 5.74) is 0. The van der Waals surface area contributed by atoms with Crippen molar-refractivity contribution in [1.29, 1.82) is 0 Å². The van der Waals surface area contributed by atoms with Crippen molar-refractivity contribution >= 4 is 15.6 Å². The zero-order valence-electron chi connectivity index (χ0n) is 36.2. The molecule has 0 bridgehead atoms. The summed E-state index contributed by atoms with van der Waals surface area (Å²) in [4.78, 5) is 26.7. The second-order valence-electron chi connectivity index (χ2n) is 14.5. The average molecular weight is 1030 g/mol. The molecule has 6 unspecified atom stereocenters. The van der Waals surface area contributed by atoms with Gasteiger partial charge in [0.25, 0.3) is 0 Å². The number of hydrogen-bond acceptors (Lipinski definition) is 11. The predicted molar refractivity (Wildman–Crippen MR) is 299 cm³/mol. The van der Waals surface area contributed by atoms with Gasteiger partial charge < -0.3 is 43.1 Å². The lowest BCUT2D eigenvalue weighted by molar-refractivity contribution is -0.0516. The van der Waals surface area contributed by atoms with E-state index in [-0.39, 0.29) is 165 Å². The third-order valence-electron chi connectivity index (χ3n) is 8.30. The Bertz CT molecular complexity index is 877. The Morgan fingerprint density at radius 2 is 0.582 bits per heavy atom. The molecule has 0 heterocycles. The molecule has 14 nitrogen and oxygen atoms in total. The standard InChI is InChI=1S/C26H55O8P.C13H29O6P.12CH4/c1-7-9-11-13-15-23(3)33-25(5)21-29-17-19-31-35(27,28)32-20-18-30-22-26(6)34-24(4)16-14-12-10-8-2;1-4-5-6-7-8-12(2)19-13(3)11-17-9-10-18-20(14,15)16;;;;;;;;;;;;/h23-26H,7-22H2,1-6H3,(H,27,28);12-13H,4-11H2,1-3H3,(H2,14,15,16);12*1H4. The molecule has 0 aromatic heterocycles. The first-order valence-corrected chi connectivity index (χ1v) is 24.1. The first kappa shape index (κ1) is 104. The number of phosphoric ester groups is 2. The number of ether oxygens (including phenoxy) is 6. The molecule has 0 fully saturated rings. The molecule has 0 aromatic carbocycles. The van der Waals surface area contributed by atoms with Crippen LogP contribution >= 0.6 is 15.6 Å². The highest BCUT2D eigenvalue weighted by atomic mass is 31.2. The van der Waals surface area contributed by atoms with Crippen LogP contribution in [-0.2, 0) is 51.1 Å². The molecule has 0 saturated carbocycles. The molecule has 0 spiro atoms. The fourth-order valence-corrected chi connectivity index (χ4v) is 6.51. The van der Waals surface area contributed by atoms with Crippen molar-refractivity contribution < 1.29 is 65.8 Å². The summed E-state index contributed by atoms with van der Waals surface area (Å²) < 4.78 is 70.3. The van der Waals surface area contributed by atoms with Crippen LogP contribution in [0.5, 0.6) is 0 Å². The van der Waals surface area contributed by atoms with Gasteiger partial charge in [0, 0.05) is 0 Å². The Morgan fingerprint density at radius 1 is 0.343 bits per heavy atom. The predicted octanol–water partition coefficient (Wildman–Crippen LogP) is 17.2. The molecule has 16 heteroatoms. The van der Waals surface area contributed by atoms with Crippen molar-refractivity contribution in [1.82, 2.24) is 0 Å². The van der Waals surface area contributed by atoms with E-state index in [0.717, 1.165) is 19.3 Å². The molecule has 0 aromatic rings. The van der Waals surface area contributed by atoms with Gasteiger partial charge >= 0.3 is 15.6 Å². The van der Waals surface area contributed by atoms with E-state index >= 15 is 0 Å². The highest BCUT2D eigenvalue weighted by molar-refractivity contribution is 7.47. The number of rotatable bonds is 39. The van der Waals surface area contributed by atoms with Gasteiger partial charge in [-0.2, -0.15) is 0 Å². The second kappa shape index (κ2) is 70.2. The number of phosphoric acid groups is 2. The van der Waals surface area contributed by atoms with Crippen LogP contribution in [0.25, 0.3) is 0 Å². The van der Waals surface area contributed by atoms with Crippen LogP contribution in [0.15, 0.2) is 0 Å². The van der Waals surface area contributed by atoms with Crippen LogP contribution in [-0.4, -0.2) is 111 Å². The highest BCUT2D eigenvalue weighted by Gasteiger charge is 2.21. The Kier molecular flexibility index (Phi) is 109. The number of unbranched alkanes of at least 4 members (excludes halogenated alkanes) is 9. The monoisotopic (exact) mass is 1030 g/mol. The van der Waals surface area contributed by atoms with Crippen molar-refractivity contribution in [2.75, 3.05) is 59.5 Å². The summed E-state index contributed by atoms with van der Waals surface area (Å²) in [5, 5.41) is 0. The Balaban J connectivity index is -0.0000000648. The van der Waals surface area contributed by atoms with Crippen molar-refractivity contribution in [2.24, 2.45) is 0 Å². The van der Waals surface area contributed by atoms with Gasteiger partial charge in [-0.25, -0.2) is 9.13 Å².